The van der Waals surface area contributed by atoms with E-state index >= 15 is 0 Å². The Balaban J connectivity index is 1.65. The van der Waals surface area contributed by atoms with E-state index in [2.05, 4.69) is 10.3 Å². The number of amides is 2. The molecule has 1 fully saturated rings. The maximum Gasteiger partial charge on any atom is 0.289 e. The lowest BCUT2D eigenvalue weighted by Crippen LogP contribution is -2.23. The van der Waals surface area contributed by atoms with Crippen molar-refractivity contribution in [3.63, 3.8) is 0 Å². The molecule has 8 nitrogen and oxygen atoms in total. The van der Waals surface area contributed by atoms with E-state index in [1.165, 1.54) is 29.5 Å². The first-order chi connectivity index (χ1) is 11.9. The number of hydrogen-bond acceptors (Lipinski definition) is 6. The van der Waals surface area contributed by atoms with Gasteiger partial charge in [0.25, 0.3) is 5.69 Å². The van der Waals surface area contributed by atoms with Crippen molar-refractivity contribution in [1.29, 1.82) is 0 Å². The molecule has 130 valence electrons. The van der Waals surface area contributed by atoms with Crippen LogP contribution in [0.3, 0.4) is 0 Å². The Morgan fingerprint density at radius 3 is 2.96 bits per heavy atom. The van der Waals surface area contributed by atoms with E-state index in [1.54, 1.807) is 10.3 Å². The van der Waals surface area contributed by atoms with Gasteiger partial charge in [-0.05, 0) is 18.6 Å². The van der Waals surface area contributed by atoms with Crippen LogP contribution in [-0.2, 0) is 16.0 Å². The van der Waals surface area contributed by atoms with Crippen LogP contribution in [0.5, 0.6) is 0 Å². The molecule has 0 aliphatic carbocycles. The smallest absolute Gasteiger partial charge is 0.289 e. The Bertz CT molecular complexity index is 854. The molecule has 0 saturated carbocycles. The van der Waals surface area contributed by atoms with Crippen LogP contribution in [0.2, 0.25) is 5.02 Å². The Kier molecular flexibility index (Phi) is 4.95. The number of nitro benzene ring substituents is 1. The molecule has 25 heavy (non-hydrogen) atoms. The third-order valence-corrected chi connectivity index (χ3v) is 4.84. The third kappa shape index (κ3) is 3.94. The Morgan fingerprint density at radius 1 is 1.48 bits per heavy atom. The molecule has 1 N–H and O–H groups in total. The zero-order chi connectivity index (χ0) is 18.0. The zero-order valence-corrected chi connectivity index (χ0v) is 14.5. The van der Waals surface area contributed by atoms with Gasteiger partial charge in [0.15, 0.2) is 5.13 Å². The SMILES string of the molecule is O=C(Cc1csc(N2CCCC2=O)n1)Nc1ccc(Cl)c([N+](=O)[O-])c1. The molecule has 0 unspecified atom stereocenters. The summed E-state index contributed by atoms with van der Waals surface area (Å²) in [7, 11) is 0. The topological polar surface area (TPSA) is 105 Å². The number of nitro groups is 1. The van der Waals surface area contributed by atoms with Crippen LogP contribution >= 0.6 is 22.9 Å². The van der Waals surface area contributed by atoms with Gasteiger partial charge in [-0.2, -0.15) is 0 Å². The van der Waals surface area contributed by atoms with E-state index in [4.69, 9.17) is 11.6 Å². The molecule has 1 saturated heterocycles. The molecule has 1 aliphatic heterocycles. The summed E-state index contributed by atoms with van der Waals surface area (Å²) in [4.78, 5) is 40.0. The first-order valence-electron chi connectivity index (χ1n) is 7.42. The molecule has 3 rings (SSSR count). The summed E-state index contributed by atoms with van der Waals surface area (Å²) in [6.07, 6.45) is 1.34. The predicted molar refractivity (Wildman–Crippen MR) is 94.1 cm³/mol. The molecule has 2 aromatic rings. The summed E-state index contributed by atoms with van der Waals surface area (Å²) in [5.74, 6) is -0.319. The maximum absolute atomic E-state index is 12.1. The average molecular weight is 381 g/mol. The molecule has 10 heteroatoms. The number of rotatable bonds is 5. The van der Waals surface area contributed by atoms with Crippen molar-refractivity contribution in [2.24, 2.45) is 0 Å². The standard InChI is InChI=1S/C15H13ClN4O4S/c16-11-4-3-9(6-12(11)20(23)24)17-13(21)7-10-8-25-15(18-10)19-5-1-2-14(19)22/h3-4,6,8H,1-2,5,7H2,(H,17,21). The fourth-order valence-corrected chi connectivity index (χ4v) is 3.51. The molecule has 1 aromatic carbocycles. The summed E-state index contributed by atoms with van der Waals surface area (Å²) in [6, 6.07) is 4.05. The highest BCUT2D eigenvalue weighted by atomic mass is 35.5. The first kappa shape index (κ1) is 17.3. The van der Waals surface area contributed by atoms with Crippen LogP contribution in [0.1, 0.15) is 18.5 Å². The molecule has 1 aliphatic rings. The molecule has 2 heterocycles. The van der Waals surface area contributed by atoms with Crippen molar-refractivity contribution in [1.82, 2.24) is 4.98 Å². The first-order valence-corrected chi connectivity index (χ1v) is 8.68. The number of thiazole rings is 1. The predicted octanol–water partition coefficient (Wildman–Crippen LogP) is 3.01. The van der Waals surface area contributed by atoms with Crippen LogP contribution < -0.4 is 10.2 Å². The van der Waals surface area contributed by atoms with Crippen LogP contribution in [0.25, 0.3) is 0 Å². The molecule has 0 atom stereocenters. The van der Waals surface area contributed by atoms with E-state index in [1.807, 2.05) is 0 Å². The number of nitrogens with zero attached hydrogens (tertiary/aromatic N) is 3. The quantitative estimate of drug-likeness (QED) is 0.634. The number of hydrogen-bond donors (Lipinski definition) is 1. The summed E-state index contributed by atoms with van der Waals surface area (Å²) < 4.78 is 0. The highest BCUT2D eigenvalue weighted by Crippen LogP contribution is 2.28. The summed E-state index contributed by atoms with van der Waals surface area (Å²) in [5.41, 5.74) is 0.551. The Morgan fingerprint density at radius 2 is 2.28 bits per heavy atom. The number of benzene rings is 1. The second kappa shape index (κ2) is 7.16. The van der Waals surface area contributed by atoms with Gasteiger partial charge in [0.05, 0.1) is 17.0 Å². The van der Waals surface area contributed by atoms with E-state index < -0.39 is 4.92 Å². The van der Waals surface area contributed by atoms with Gasteiger partial charge in [-0.15, -0.1) is 11.3 Å². The number of aromatic nitrogens is 1. The van der Waals surface area contributed by atoms with Crippen molar-refractivity contribution in [2.45, 2.75) is 19.3 Å². The molecule has 1 aromatic heterocycles. The Hall–Kier alpha value is -2.52. The minimum atomic E-state index is -0.613. The summed E-state index contributed by atoms with van der Waals surface area (Å²) in [6.45, 7) is 0.645. The molecule has 0 radical (unpaired) electrons. The number of carbonyl (C=O) groups is 2. The highest BCUT2D eigenvalue weighted by Gasteiger charge is 2.24. The number of carbonyl (C=O) groups excluding carboxylic acids is 2. The number of nitrogens with one attached hydrogen (secondary N) is 1. The second-order valence-corrected chi connectivity index (χ2v) is 6.66. The van der Waals surface area contributed by atoms with Crippen molar-refractivity contribution < 1.29 is 14.5 Å². The molecule has 2 amide bonds. The minimum Gasteiger partial charge on any atom is -0.325 e. The van der Waals surface area contributed by atoms with Crippen molar-refractivity contribution in [3.8, 4) is 0 Å². The van der Waals surface area contributed by atoms with E-state index in [9.17, 15) is 19.7 Å². The molecular formula is C15H13ClN4O4S. The summed E-state index contributed by atoms with van der Waals surface area (Å²) in [5, 5.41) is 15.8. The highest BCUT2D eigenvalue weighted by molar-refractivity contribution is 7.14. The van der Waals surface area contributed by atoms with Gasteiger partial charge in [0.2, 0.25) is 11.8 Å². The van der Waals surface area contributed by atoms with Gasteiger partial charge in [-0.25, -0.2) is 4.98 Å². The van der Waals surface area contributed by atoms with Crippen molar-refractivity contribution in [3.05, 3.63) is 44.4 Å². The molecule has 0 bridgehead atoms. The van der Waals surface area contributed by atoms with Gasteiger partial charge in [-0.1, -0.05) is 11.6 Å². The van der Waals surface area contributed by atoms with Crippen molar-refractivity contribution >= 4 is 51.3 Å². The fraction of sp³-hybridized carbons (Fsp3) is 0.267. The van der Waals surface area contributed by atoms with Gasteiger partial charge >= 0.3 is 0 Å². The molecular weight excluding hydrogens is 368 g/mol. The lowest BCUT2D eigenvalue weighted by molar-refractivity contribution is -0.384. The fourth-order valence-electron chi connectivity index (χ4n) is 2.45. The average Bonchev–Trinajstić information content (AvgIpc) is 3.17. The maximum atomic E-state index is 12.1. The lowest BCUT2D eigenvalue weighted by Gasteiger charge is -2.10. The number of halogens is 1. The largest absolute Gasteiger partial charge is 0.325 e. The van der Waals surface area contributed by atoms with Gasteiger partial charge < -0.3 is 5.32 Å². The monoisotopic (exact) mass is 380 g/mol. The number of anilines is 2. The van der Waals surface area contributed by atoms with E-state index in [0.29, 0.717) is 23.8 Å². The zero-order valence-electron chi connectivity index (χ0n) is 12.9. The van der Waals surface area contributed by atoms with Crippen LogP contribution in [0.4, 0.5) is 16.5 Å². The minimum absolute atomic E-state index is 0.00224. The van der Waals surface area contributed by atoms with E-state index in [-0.39, 0.29) is 34.6 Å². The Labute approximate surface area is 151 Å². The lowest BCUT2D eigenvalue weighted by atomic mass is 10.2. The second-order valence-electron chi connectivity index (χ2n) is 5.42. The van der Waals surface area contributed by atoms with Gasteiger partial charge in [-0.3, -0.25) is 24.6 Å². The van der Waals surface area contributed by atoms with Crippen LogP contribution in [-0.4, -0.2) is 28.3 Å². The third-order valence-electron chi connectivity index (χ3n) is 3.61. The summed E-state index contributed by atoms with van der Waals surface area (Å²) >= 11 is 7.05. The van der Waals surface area contributed by atoms with Crippen LogP contribution in [0, 0.1) is 10.1 Å². The molecule has 0 spiro atoms. The van der Waals surface area contributed by atoms with Gasteiger partial charge in [0, 0.05) is 30.1 Å². The van der Waals surface area contributed by atoms with Crippen molar-refractivity contribution in [2.75, 3.05) is 16.8 Å². The van der Waals surface area contributed by atoms with E-state index in [0.717, 1.165) is 6.42 Å². The van der Waals surface area contributed by atoms with Crippen LogP contribution in [0.15, 0.2) is 23.6 Å². The normalized spacial score (nSPS) is 14.0. The van der Waals surface area contributed by atoms with Gasteiger partial charge in [0.1, 0.15) is 5.02 Å².